The minimum Gasteiger partial charge on any atom is -0.313 e. The van der Waals surface area contributed by atoms with Crippen LogP contribution in [0.1, 0.15) is 73.4 Å². The molecule has 0 amide bonds. The van der Waals surface area contributed by atoms with E-state index < -0.39 is 12.3 Å². The SMILES string of the molecule is C=CC1CCC(c2ccc(COC(F)(F)C(F)c3ccc(CC/C=C/C)cc3)cc2)CC1. The fraction of sp³-hybridized carbons (Fsp3) is 0.429. The van der Waals surface area contributed by atoms with Gasteiger partial charge in [0.05, 0.1) is 6.61 Å². The molecule has 1 nitrogen and oxygen atoms in total. The number of hydrogen-bond donors (Lipinski definition) is 0. The van der Waals surface area contributed by atoms with E-state index in [0.29, 0.717) is 17.4 Å². The summed E-state index contributed by atoms with van der Waals surface area (Å²) >= 11 is 0. The van der Waals surface area contributed by atoms with Crippen molar-refractivity contribution in [3.8, 4) is 0 Å². The topological polar surface area (TPSA) is 9.23 Å². The molecule has 1 aliphatic carbocycles. The van der Waals surface area contributed by atoms with E-state index in [9.17, 15) is 13.2 Å². The van der Waals surface area contributed by atoms with E-state index in [1.165, 1.54) is 17.7 Å². The zero-order valence-electron chi connectivity index (χ0n) is 18.8. The molecule has 2 aromatic carbocycles. The Labute approximate surface area is 190 Å². The van der Waals surface area contributed by atoms with E-state index >= 15 is 0 Å². The van der Waals surface area contributed by atoms with Crippen molar-refractivity contribution < 1.29 is 17.9 Å². The molecule has 3 rings (SSSR count). The molecule has 0 N–H and O–H groups in total. The van der Waals surface area contributed by atoms with Gasteiger partial charge in [-0.15, -0.1) is 6.58 Å². The van der Waals surface area contributed by atoms with Gasteiger partial charge in [0.2, 0.25) is 6.17 Å². The highest BCUT2D eigenvalue weighted by molar-refractivity contribution is 5.27. The van der Waals surface area contributed by atoms with Gasteiger partial charge in [-0.05, 0) is 79.5 Å². The van der Waals surface area contributed by atoms with Crippen LogP contribution in [-0.2, 0) is 17.8 Å². The van der Waals surface area contributed by atoms with Gasteiger partial charge in [-0.3, -0.25) is 0 Å². The summed E-state index contributed by atoms with van der Waals surface area (Å²) in [6.07, 6.45) is 5.79. The first-order valence-corrected chi connectivity index (χ1v) is 11.5. The van der Waals surface area contributed by atoms with Crippen LogP contribution in [0.3, 0.4) is 0 Å². The van der Waals surface area contributed by atoms with Crippen molar-refractivity contribution >= 4 is 0 Å². The summed E-state index contributed by atoms with van der Waals surface area (Å²) in [5.41, 5.74) is 2.75. The molecule has 0 bridgehead atoms. The van der Waals surface area contributed by atoms with Crippen molar-refractivity contribution in [1.82, 2.24) is 0 Å². The summed E-state index contributed by atoms with van der Waals surface area (Å²) in [4.78, 5) is 0. The van der Waals surface area contributed by atoms with Crippen molar-refractivity contribution in [2.24, 2.45) is 5.92 Å². The third-order valence-corrected chi connectivity index (χ3v) is 6.39. The van der Waals surface area contributed by atoms with Gasteiger partial charge < -0.3 is 4.74 Å². The van der Waals surface area contributed by atoms with E-state index in [2.05, 4.69) is 6.58 Å². The lowest BCUT2D eigenvalue weighted by Crippen LogP contribution is -2.27. The summed E-state index contributed by atoms with van der Waals surface area (Å²) in [5.74, 6) is 1.10. The van der Waals surface area contributed by atoms with E-state index in [1.807, 2.05) is 37.3 Å². The molecule has 4 heteroatoms. The zero-order valence-corrected chi connectivity index (χ0v) is 18.8. The Bertz CT molecular complexity index is 863. The van der Waals surface area contributed by atoms with Crippen molar-refractivity contribution in [2.45, 2.75) is 70.3 Å². The predicted molar refractivity (Wildman–Crippen MR) is 125 cm³/mol. The van der Waals surface area contributed by atoms with Gasteiger partial charge in [0.1, 0.15) is 0 Å². The maximum Gasteiger partial charge on any atom is 0.391 e. The average Bonchev–Trinajstić information content (AvgIpc) is 2.83. The van der Waals surface area contributed by atoms with Crippen LogP contribution in [0.25, 0.3) is 0 Å². The Morgan fingerprint density at radius 2 is 1.62 bits per heavy atom. The summed E-state index contributed by atoms with van der Waals surface area (Å²) in [6, 6.07) is 13.8. The van der Waals surface area contributed by atoms with Gasteiger partial charge in [-0.2, -0.15) is 8.78 Å². The molecular weight excluding hydrogens is 409 g/mol. The number of hydrogen-bond acceptors (Lipinski definition) is 1. The normalized spacial score (nSPS) is 20.4. The van der Waals surface area contributed by atoms with Crippen molar-refractivity contribution in [1.29, 1.82) is 0 Å². The Hall–Kier alpha value is -2.33. The van der Waals surface area contributed by atoms with E-state index in [0.717, 1.165) is 44.1 Å². The lowest BCUT2D eigenvalue weighted by molar-refractivity contribution is -0.282. The monoisotopic (exact) mass is 442 g/mol. The van der Waals surface area contributed by atoms with Crippen molar-refractivity contribution in [2.75, 3.05) is 0 Å². The number of rotatable bonds is 10. The number of allylic oxidation sites excluding steroid dienone is 3. The Balaban J connectivity index is 1.53. The molecule has 0 radical (unpaired) electrons. The highest BCUT2D eigenvalue weighted by atomic mass is 19.3. The van der Waals surface area contributed by atoms with Crippen LogP contribution < -0.4 is 0 Å². The van der Waals surface area contributed by atoms with Crippen molar-refractivity contribution in [3.63, 3.8) is 0 Å². The van der Waals surface area contributed by atoms with Crippen LogP contribution in [0.2, 0.25) is 0 Å². The molecule has 1 unspecified atom stereocenters. The van der Waals surface area contributed by atoms with Crippen LogP contribution in [0, 0.1) is 5.92 Å². The first kappa shape index (κ1) is 24.3. The third kappa shape index (κ3) is 6.59. The standard InChI is InChI=1S/C28H33F3O/c1-3-5-6-7-22-10-18-26(19-11-22)27(29)28(30,31)32-20-23-12-16-25(17-13-23)24-14-8-21(4-2)9-15-24/h3-5,10-13,16-19,21,24,27H,2,6-9,14-15,20H2,1H3/b5-3+. The van der Waals surface area contributed by atoms with Crippen molar-refractivity contribution in [3.05, 3.63) is 95.6 Å². The summed E-state index contributed by atoms with van der Waals surface area (Å²) in [7, 11) is 0. The molecule has 32 heavy (non-hydrogen) atoms. The number of benzene rings is 2. The fourth-order valence-corrected chi connectivity index (χ4v) is 4.29. The molecule has 0 aromatic heterocycles. The maximum absolute atomic E-state index is 14.5. The first-order chi connectivity index (χ1) is 15.4. The molecule has 1 aliphatic rings. The van der Waals surface area contributed by atoms with Gasteiger partial charge in [0, 0.05) is 0 Å². The molecule has 2 aromatic rings. The molecule has 1 atom stereocenters. The molecule has 172 valence electrons. The zero-order chi connectivity index (χ0) is 23.0. The van der Waals surface area contributed by atoms with Gasteiger partial charge in [0.15, 0.2) is 0 Å². The largest absolute Gasteiger partial charge is 0.391 e. The summed E-state index contributed by atoms with van der Waals surface area (Å²) < 4.78 is 48.0. The lowest BCUT2D eigenvalue weighted by atomic mass is 9.79. The molecule has 0 spiro atoms. The molecule has 1 saturated carbocycles. The highest BCUT2D eigenvalue weighted by Gasteiger charge is 2.42. The minimum absolute atomic E-state index is 0.0738. The van der Waals surface area contributed by atoms with E-state index in [4.69, 9.17) is 4.74 Å². The second-order valence-electron chi connectivity index (χ2n) is 8.65. The Morgan fingerprint density at radius 3 is 2.22 bits per heavy atom. The Kier molecular flexibility index (Phi) is 8.75. The number of aryl methyl sites for hydroxylation is 1. The quantitative estimate of drug-likeness (QED) is 0.335. The predicted octanol–water partition coefficient (Wildman–Crippen LogP) is 8.48. The lowest BCUT2D eigenvalue weighted by Gasteiger charge is -2.27. The molecule has 0 aliphatic heterocycles. The van der Waals surface area contributed by atoms with Gasteiger partial charge >= 0.3 is 6.11 Å². The van der Waals surface area contributed by atoms with Gasteiger partial charge in [-0.25, -0.2) is 4.39 Å². The molecule has 1 fully saturated rings. The van der Waals surface area contributed by atoms with Crippen LogP contribution in [0.4, 0.5) is 13.2 Å². The molecular formula is C28H33F3O. The van der Waals surface area contributed by atoms with Crippen LogP contribution in [0.5, 0.6) is 0 Å². The fourth-order valence-electron chi connectivity index (χ4n) is 4.29. The number of alkyl halides is 3. The molecule has 0 heterocycles. The third-order valence-electron chi connectivity index (χ3n) is 6.39. The number of ether oxygens (including phenoxy) is 1. The Morgan fingerprint density at radius 1 is 1.00 bits per heavy atom. The summed E-state index contributed by atoms with van der Waals surface area (Å²) in [5, 5.41) is 0. The molecule has 0 saturated heterocycles. The van der Waals surface area contributed by atoms with Crippen LogP contribution >= 0.6 is 0 Å². The highest BCUT2D eigenvalue weighted by Crippen LogP contribution is 2.38. The minimum atomic E-state index is -3.89. The van der Waals surface area contributed by atoms with Gasteiger partial charge in [-0.1, -0.05) is 66.8 Å². The maximum atomic E-state index is 14.5. The summed E-state index contributed by atoms with van der Waals surface area (Å²) in [6.45, 7) is 5.49. The first-order valence-electron chi connectivity index (χ1n) is 11.5. The van der Waals surface area contributed by atoms with Gasteiger partial charge in [0.25, 0.3) is 0 Å². The van der Waals surface area contributed by atoms with Crippen LogP contribution in [-0.4, -0.2) is 6.11 Å². The van der Waals surface area contributed by atoms with Crippen LogP contribution in [0.15, 0.2) is 73.3 Å². The van der Waals surface area contributed by atoms with E-state index in [-0.39, 0.29) is 12.2 Å². The second kappa shape index (κ2) is 11.5. The average molecular weight is 443 g/mol. The van der Waals surface area contributed by atoms with E-state index in [1.54, 1.807) is 24.3 Å². The second-order valence-corrected chi connectivity index (χ2v) is 8.65. The smallest absolute Gasteiger partial charge is 0.313 e. The number of halogens is 3.